The van der Waals surface area contributed by atoms with E-state index < -0.39 is 23.1 Å². The third-order valence-electron chi connectivity index (χ3n) is 4.90. The zero-order valence-electron chi connectivity index (χ0n) is 16.4. The molecule has 0 atom stereocenters. The van der Waals surface area contributed by atoms with Crippen LogP contribution in [0.1, 0.15) is 35.7 Å². The number of anilines is 1. The van der Waals surface area contributed by atoms with Gasteiger partial charge in [-0.15, -0.1) is 0 Å². The SMILES string of the molecule is CCN(C(=O)c1c(F)cc(C)cc1F)c1cccc(OC2CCN(C)CC2)n1. The highest BCUT2D eigenvalue weighted by molar-refractivity contribution is 6.06. The van der Waals surface area contributed by atoms with E-state index in [-0.39, 0.29) is 12.6 Å². The van der Waals surface area contributed by atoms with E-state index in [0.717, 1.165) is 38.1 Å². The second kappa shape index (κ2) is 8.65. The van der Waals surface area contributed by atoms with E-state index in [1.54, 1.807) is 32.0 Å². The Bertz CT molecular complexity index is 828. The average molecular weight is 389 g/mol. The number of carbonyl (C=O) groups is 1. The Morgan fingerprint density at radius 1 is 1.25 bits per heavy atom. The molecule has 0 spiro atoms. The number of amides is 1. The summed E-state index contributed by atoms with van der Waals surface area (Å²) in [5, 5.41) is 0. The molecule has 1 saturated heterocycles. The van der Waals surface area contributed by atoms with E-state index in [9.17, 15) is 13.6 Å². The van der Waals surface area contributed by atoms with Crippen LogP contribution in [0.15, 0.2) is 30.3 Å². The maximum Gasteiger partial charge on any atom is 0.265 e. The first-order chi connectivity index (χ1) is 13.4. The van der Waals surface area contributed by atoms with Gasteiger partial charge in [0.2, 0.25) is 5.88 Å². The summed E-state index contributed by atoms with van der Waals surface area (Å²) in [5.41, 5.74) is -0.155. The Hall–Kier alpha value is -2.54. The maximum atomic E-state index is 14.3. The van der Waals surface area contributed by atoms with Gasteiger partial charge in [0.25, 0.3) is 5.91 Å². The lowest BCUT2D eigenvalue weighted by Gasteiger charge is -2.29. The highest BCUT2D eigenvalue weighted by atomic mass is 19.1. The zero-order chi connectivity index (χ0) is 20.3. The topological polar surface area (TPSA) is 45.7 Å². The van der Waals surface area contributed by atoms with Crippen molar-refractivity contribution in [3.8, 4) is 5.88 Å². The van der Waals surface area contributed by atoms with Crippen molar-refractivity contribution in [1.82, 2.24) is 9.88 Å². The third kappa shape index (κ3) is 4.47. The van der Waals surface area contributed by atoms with Crippen molar-refractivity contribution in [3.05, 3.63) is 53.1 Å². The molecule has 2 heterocycles. The summed E-state index contributed by atoms with van der Waals surface area (Å²) in [6.07, 6.45) is 1.87. The van der Waals surface area contributed by atoms with E-state index in [4.69, 9.17) is 4.74 Å². The number of benzene rings is 1. The maximum absolute atomic E-state index is 14.3. The molecular formula is C21H25F2N3O2. The minimum atomic E-state index is -0.875. The molecule has 3 rings (SSSR count). The van der Waals surface area contributed by atoms with Gasteiger partial charge in [-0.3, -0.25) is 9.69 Å². The van der Waals surface area contributed by atoms with Crippen LogP contribution in [0.5, 0.6) is 5.88 Å². The standard InChI is InChI=1S/C21H25F2N3O2/c1-4-26(21(27)20-16(22)12-14(2)13-17(20)23)18-6-5-7-19(24-18)28-15-8-10-25(3)11-9-15/h5-7,12-13,15H,4,8-11H2,1-3H3. The number of hydrogen-bond donors (Lipinski definition) is 0. The number of halogens is 2. The molecule has 1 aliphatic heterocycles. The molecule has 0 aliphatic carbocycles. The molecule has 5 nitrogen and oxygen atoms in total. The molecule has 0 saturated carbocycles. The van der Waals surface area contributed by atoms with Crippen molar-refractivity contribution in [2.75, 3.05) is 31.6 Å². The van der Waals surface area contributed by atoms with Gasteiger partial charge in [0.05, 0.1) is 0 Å². The van der Waals surface area contributed by atoms with Gasteiger partial charge >= 0.3 is 0 Å². The van der Waals surface area contributed by atoms with Gasteiger partial charge in [0, 0.05) is 25.7 Å². The fourth-order valence-electron chi connectivity index (χ4n) is 3.34. The number of hydrogen-bond acceptors (Lipinski definition) is 4. The lowest BCUT2D eigenvalue weighted by molar-refractivity contribution is 0.0978. The first kappa shape index (κ1) is 20.2. The van der Waals surface area contributed by atoms with E-state index in [1.165, 1.54) is 4.90 Å². The van der Waals surface area contributed by atoms with Crippen molar-refractivity contribution in [3.63, 3.8) is 0 Å². The Labute approximate surface area is 163 Å². The Morgan fingerprint density at radius 2 is 1.89 bits per heavy atom. The van der Waals surface area contributed by atoms with Crippen LogP contribution in [-0.4, -0.2) is 48.6 Å². The first-order valence-corrected chi connectivity index (χ1v) is 9.48. The van der Waals surface area contributed by atoms with Crippen molar-refractivity contribution in [1.29, 1.82) is 0 Å². The number of carbonyl (C=O) groups excluding carboxylic acids is 1. The minimum absolute atomic E-state index is 0.0664. The minimum Gasteiger partial charge on any atom is -0.474 e. The van der Waals surface area contributed by atoms with Crippen LogP contribution in [-0.2, 0) is 0 Å². The molecule has 7 heteroatoms. The number of aryl methyl sites for hydroxylation is 1. The average Bonchev–Trinajstić information content (AvgIpc) is 2.64. The van der Waals surface area contributed by atoms with Crippen LogP contribution in [0.2, 0.25) is 0 Å². The second-order valence-corrected chi connectivity index (χ2v) is 7.11. The number of nitrogens with zero attached hydrogens (tertiary/aromatic N) is 3. The molecule has 0 bridgehead atoms. The number of rotatable bonds is 5. The summed E-state index contributed by atoms with van der Waals surface area (Å²) in [6.45, 7) is 5.43. The summed E-state index contributed by atoms with van der Waals surface area (Å²) in [6, 6.07) is 7.39. The molecule has 1 aromatic carbocycles. The number of piperidine rings is 1. The van der Waals surface area contributed by atoms with Crippen LogP contribution in [0.25, 0.3) is 0 Å². The molecule has 1 aromatic heterocycles. The van der Waals surface area contributed by atoms with Gasteiger partial charge in [0.1, 0.15) is 29.1 Å². The summed E-state index contributed by atoms with van der Waals surface area (Å²) < 4.78 is 34.5. The lowest BCUT2D eigenvalue weighted by atomic mass is 10.1. The molecule has 2 aromatic rings. The molecule has 0 unspecified atom stereocenters. The van der Waals surface area contributed by atoms with Crippen molar-refractivity contribution in [2.24, 2.45) is 0 Å². The van der Waals surface area contributed by atoms with Crippen LogP contribution in [0.3, 0.4) is 0 Å². The summed E-state index contributed by atoms with van der Waals surface area (Å²) in [4.78, 5) is 20.7. The Morgan fingerprint density at radius 3 is 2.50 bits per heavy atom. The monoisotopic (exact) mass is 389 g/mol. The van der Waals surface area contributed by atoms with Crippen molar-refractivity contribution >= 4 is 11.7 Å². The predicted molar refractivity (Wildman–Crippen MR) is 104 cm³/mol. The number of aromatic nitrogens is 1. The quantitative estimate of drug-likeness (QED) is 0.780. The number of likely N-dealkylation sites (tertiary alicyclic amines) is 1. The van der Waals surface area contributed by atoms with Crippen molar-refractivity contribution in [2.45, 2.75) is 32.8 Å². The van der Waals surface area contributed by atoms with E-state index in [2.05, 4.69) is 16.9 Å². The fourth-order valence-corrected chi connectivity index (χ4v) is 3.34. The lowest BCUT2D eigenvalue weighted by Crippen LogP contribution is -2.36. The Kier molecular flexibility index (Phi) is 6.24. The van der Waals surface area contributed by atoms with Crippen molar-refractivity contribution < 1.29 is 18.3 Å². The second-order valence-electron chi connectivity index (χ2n) is 7.11. The summed E-state index contributed by atoms with van der Waals surface area (Å²) in [7, 11) is 2.07. The molecule has 1 fully saturated rings. The third-order valence-corrected chi connectivity index (χ3v) is 4.90. The molecule has 0 N–H and O–H groups in total. The van der Waals surface area contributed by atoms with E-state index in [1.807, 2.05) is 0 Å². The molecule has 1 amide bonds. The molecular weight excluding hydrogens is 364 g/mol. The largest absolute Gasteiger partial charge is 0.474 e. The van der Waals surface area contributed by atoms with Crippen LogP contribution >= 0.6 is 0 Å². The molecule has 150 valence electrons. The molecule has 0 radical (unpaired) electrons. The fraction of sp³-hybridized carbons (Fsp3) is 0.429. The van der Waals surface area contributed by atoms with E-state index >= 15 is 0 Å². The van der Waals surface area contributed by atoms with E-state index in [0.29, 0.717) is 17.3 Å². The summed E-state index contributed by atoms with van der Waals surface area (Å²) >= 11 is 0. The van der Waals surface area contributed by atoms with Crippen LogP contribution in [0.4, 0.5) is 14.6 Å². The summed E-state index contributed by atoms with van der Waals surface area (Å²) in [5.74, 6) is -1.80. The smallest absolute Gasteiger partial charge is 0.265 e. The normalized spacial score (nSPS) is 15.5. The first-order valence-electron chi connectivity index (χ1n) is 9.48. The Balaban J connectivity index is 1.82. The van der Waals surface area contributed by atoms with Gasteiger partial charge < -0.3 is 9.64 Å². The van der Waals surface area contributed by atoms with Gasteiger partial charge in [-0.25, -0.2) is 8.78 Å². The number of pyridine rings is 1. The molecule has 28 heavy (non-hydrogen) atoms. The zero-order valence-corrected chi connectivity index (χ0v) is 16.4. The highest BCUT2D eigenvalue weighted by Crippen LogP contribution is 2.23. The van der Waals surface area contributed by atoms with Gasteiger partial charge in [-0.1, -0.05) is 6.07 Å². The van der Waals surface area contributed by atoms with Crippen LogP contribution < -0.4 is 9.64 Å². The highest BCUT2D eigenvalue weighted by Gasteiger charge is 2.25. The number of ether oxygens (including phenoxy) is 1. The van der Waals surface area contributed by atoms with Gasteiger partial charge in [-0.2, -0.15) is 4.98 Å². The van der Waals surface area contributed by atoms with Crippen LogP contribution in [0, 0.1) is 18.6 Å². The van der Waals surface area contributed by atoms with Gasteiger partial charge in [-0.05, 0) is 57.5 Å². The van der Waals surface area contributed by atoms with Gasteiger partial charge in [0.15, 0.2) is 0 Å². The predicted octanol–water partition coefficient (Wildman–Crippen LogP) is 3.81. The molecule has 1 aliphatic rings.